The van der Waals surface area contributed by atoms with Crippen LogP contribution in [0.1, 0.15) is 32.8 Å². The van der Waals surface area contributed by atoms with Crippen molar-refractivity contribution >= 4 is 23.3 Å². The molecule has 1 aromatic rings. The highest BCUT2D eigenvalue weighted by Gasteiger charge is 2.05. The molecule has 0 fully saturated rings. The van der Waals surface area contributed by atoms with Crippen molar-refractivity contribution in [3.63, 3.8) is 0 Å². The number of hydrogen-bond acceptors (Lipinski definition) is 4. The van der Waals surface area contributed by atoms with Gasteiger partial charge in [-0.15, -0.1) is 0 Å². The van der Waals surface area contributed by atoms with E-state index in [1.165, 1.54) is 5.56 Å². The Balaban J connectivity index is 2.35. The number of ether oxygens (including phenoxy) is 1. The predicted octanol–water partition coefficient (Wildman–Crippen LogP) is 2.14. The van der Waals surface area contributed by atoms with Gasteiger partial charge in [0.05, 0.1) is 19.1 Å². The Hall–Kier alpha value is -1.56. The molecule has 0 atom stereocenters. The molecule has 0 aliphatic rings. The molecule has 0 aliphatic carbocycles. The maximum absolute atomic E-state index is 11.4. The Kier molecular flexibility index (Phi) is 7.72. The highest BCUT2D eigenvalue weighted by Crippen LogP contribution is 2.06. The SMILES string of the molecule is CCNC(=NCc1ccsc1)NCCC(=O)OC(C)C. The van der Waals surface area contributed by atoms with E-state index in [1.54, 1.807) is 11.3 Å². The minimum Gasteiger partial charge on any atom is -0.463 e. The molecule has 1 aromatic heterocycles. The molecule has 0 amide bonds. The van der Waals surface area contributed by atoms with Crippen LogP contribution in [0, 0.1) is 0 Å². The van der Waals surface area contributed by atoms with Crippen LogP contribution >= 0.6 is 11.3 Å². The number of rotatable bonds is 7. The van der Waals surface area contributed by atoms with Crippen molar-refractivity contribution in [2.75, 3.05) is 13.1 Å². The number of nitrogens with zero attached hydrogens (tertiary/aromatic N) is 1. The maximum atomic E-state index is 11.4. The highest BCUT2D eigenvalue weighted by molar-refractivity contribution is 7.07. The summed E-state index contributed by atoms with van der Waals surface area (Å²) >= 11 is 1.66. The monoisotopic (exact) mass is 297 g/mol. The predicted molar refractivity (Wildman–Crippen MR) is 83.0 cm³/mol. The summed E-state index contributed by atoms with van der Waals surface area (Å²) in [4.78, 5) is 15.9. The van der Waals surface area contributed by atoms with Crippen molar-refractivity contribution in [2.24, 2.45) is 4.99 Å². The minimum atomic E-state index is -0.193. The van der Waals surface area contributed by atoms with Crippen LogP contribution in [-0.2, 0) is 16.1 Å². The van der Waals surface area contributed by atoms with Crippen molar-refractivity contribution in [1.29, 1.82) is 0 Å². The van der Waals surface area contributed by atoms with E-state index in [2.05, 4.69) is 27.1 Å². The second-order valence-corrected chi connectivity index (χ2v) is 5.32. The summed E-state index contributed by atoms with van der Waals surface area (Å²) < 4.78 is 5.07. The van der Waals surface area contributed by atoms with Crippen LogP contribution < -0.4 is 10.6 Å². The van der Waals surface area contributed by atoms with E-state index in [0.29, 0.717) is 19.5 Å². The van der Waals surface area contributed by atoms with Gasteiger partial charge in [-0.05, 0) is 43.2 Å². The van der Waals surface area contributed by atoms with Crippen LogP contribution in [-0.4, -0.2) is 31.1 Å². The first-order valence-electron chi connectivity index (χ1n) is 6.84. The van der Waals surface area contributed by atoms with Gasteiger partial charge in [0.25, 0.3) is 0 Å². The lowest BCUT2D eigenvalue weighted by Crippen LogP contribution is -2.38. The molecule has 0 aliphatic heterocycles. The van der Waals surface area contributed by atoms with Gasteiger partial charge in [0.1, 0.15) is 0 Å². The molecule has 0 bridgehead atoms. The van der Waals surface area contributed by atoms with E-state index in [4.69, 9.17) is 4.74 Å². The Morgan fingerprint density at radius 3 is 2.85 bits per heavy atom. The number of thiophene rings is 1. The molecule has 0 aromatic carbocycles. The van der Waals surface area contributed by atoms with Gasteiger partial charge >= 0.3 is 5.97 Å². The fourth-order valence-corrected chi connectivity index (χ4v) is 2.16. The normalized spacial score (nSPS) is 11.5. The van der Waals surface area contributed by atoms with Gasteiger partial charge in [-0.3, -0.25) is 4.79 Å². The first-order valence-corrected chi connectivity index (χ1v) is 7.78. The van der Waals surface area contributed by atoms with Gasteiger partial charge in [0, 0.05) is 13.1 Å². The molecular weight excluding hydrogens is 274 g/mol. The Labute approximate surface area is 124 Å². The van der Waals surface area contributed by atoms with Gasteiger partial charge < -0.3 is 15.4 Å². The highest BCUT2D eigenvalue weighted by atomic mass is 32.1. The fraction of sp³-hybridized carbons (Fsp3) is 0.571. The molecular formula is C14H23N3O2S. The maximum Gasteiger partial charge on any atom is 0.307 e. The average Bonchev–Trinajstić information content (AvgIpc) is 2.88. The molecule has 1 heterocycles. The summed E-state index contributed by atoms with van der Waals surface area (Å²) in [5.41, 5.74) is 1.19. The molecule has 6 heteroatoms. The molecule has 0 unspecified atom stereocenters. The van der Waals surface area contributed by atoms with E-state index < -0.39 is 0 Å². The van der Waals surface area contributed by atoms with Crippen LogP contribution in [0.25, 0.3) is 0 Å². The number of guanidine groups is 1. The molecule has 1 rings (SSSR count). The van der Waals surface area contributed by atoms with E-state index >= 15 is 0 Å². The van der Waals surface area contributed by atoms with E-state index in [9.17, 15) is 4.79 Å². The summed E-state index contributed by atoms with van der Waals surface area (Å²) in [7, 11) is 0. The third kappa shape index (κ3) is 7.13. The van der Waals surface area contributed by atoms with Crippen LogP contribution in [0.2, 0.25) is 0 Å². The van der Waals surface area contributed by atoms with Crippen molar-refractivity contribution < 1.29 is 9.53 Å². The van der Waals surface area contributed by atoms with Gasteiger partial charge in [-0.2, -0.15) is 11.3 Å². The van der Waals surface area contributed by atoms with E-state index in [0.717, 1.165) is 12.5 Å². The van der Waals surface area contributed by atoms with Crippen LogP contribution in [0.4, 0.5) is 0 Å². The number of hydrogen-bond donors (Lipinski definition) is 2. The molecule has 0 saturated heterocycles. The lowest BCUT2D eigenvalue weighted by Gasteiger charge is -2.11. The largest absolute Gasteiger partial charge is 0.463 e. The average molecular weight is 297 g/mol. The second-order valence-electron chi connectivity index (χ2n) is 4.54. The molecule has 0 saturated carbocycles. The van der Waals surface area contributed by atoms with Gasteiger partial charge in [0.2, 0.25) is 0 Å². The first kappa shape index (κ1) is 16.5. The fourth-order valence-electron chi connectivity index (χ4n) is 1.50. The van der Waals surface area contributed by atoms with Crippen molar-refractivity contribution in [2.45, 2.75) is 39.8 Å². The molecule has 20 heavy (non-hydrogen) atoms. The third-order valence-electron chi connectivity index (χ3n) is 2.33. The zero-order valence-corrected chi connectivity index (χ0v) is 13.1. The molecule has 2 N–H and O–H groups in total. The van der Waals surface area contributed by atoms with Gasteiger partial charge in [-0.1, -0.05) is 0 Å². The molecule has 0 spiro atoms. The molecule has 5 nitrogen and oxygen atoms in total. The smallest absolute Gasteiger partial charge is 0.307 e. The van der Waals surface area contributed by atoms with Crippen molar-refractivity contribution in [3.8, 4) is 0 Å². The van der Waals surface area contributed by atoms with E-state index in [1.807, 2.05) is 26.2 Å². The Bertz CT molecular complexity index is 416. The molecule has 0 radical (unpaired) electrons. The van der Waals surface area contributed by atoms with Gasteiger partial charge in [0.15, 0.2) is 5.96 Å². The summed E-state index contributed by atoms with van der Waals surface area (Å²) in [5.74, 6) is 0.525. The lowest BCUT2D eigenvalue weighted by molar-refractivity contribution is -0.147. The van der Waals surface area contributed by atoms with Crippen molar-refractivity contribution in [1.82, 2.24) is 10.6 Å². The summed E-state index contributed by atoms with van der Waals surface area (Å²) in [6.07, 6.45) is 0.268. The molecule has 112 valence electrons. The van der Waals surface area contributed by atoms with E-state index in [-0.39, 0.29) is 12.1 Å². The Morgan fingerprint density at radius 2 is 2.25 bits per heavy atom. The third-order valence-corrected chi connectivity index (χ3v) is 3.06. The van der Waals surface area contributed by atoms with Crippen LogP contribution in [0.5, 0.6) is 0 Å². The number of carbonyl (C=O) groups is 1. The van der Waals surface area contributed by atoms with Crippen LogP contribution in [0.3, 0.4) is 0 Å². The zero-order chi connectivity index (χ0) is 14.8. The second kappa shape index (κ2) is 9.36. The zero-order valence-electron chi connectivity index (χ0n) is 12.3. The van der Waals surface area contributed by atoms with Gasteiger partial charge in [-0.25, -0.2) is 4.99 Å². The Morgan fingerprint density at radius 1 is 1.45 bits per heavy atom. The summed E-state index contributed by atoms with van der Waals surface area (Å²) in [5, 5.41) is 10.4. The van der Waals surface area contributed by atoms with Crippen molar-refractivity contribution in [3.05, 3.63) is 22.4 Å². The topological polar surface area (TPSA) is 62.7 Å². The summed E-state index contributed by atoms with van der Waals surface area (Å²) in [6, 6.07) is 2.05. The lowest BCUT2D eigenvalue weighted by atomic mass is 10.3. The number of carbonyl (C=O) groups excluding carboxylic acids is 1. The number of aliphatic imine (C=N–C) groups is 1. The first-order chi connectivity index (χ1) is 9.61. The summed E-state index contributed by atoms with van der Waals surface area (Å²) in [6.45, 7) is 7.63. The number of esters is 1. The van der Waals surface area contributed by atoms with Crippen LogP contribution in [0.15, 0.2) is 21.8 Å². The number of nitrogens with one attached hydrogen (secondary N) is 2. The standard InChI is InChI=1S/C14H23N3O2S/c1-4-15-14(17-9-12-6-8-20-10-12)16-7-5-13(18)19-11(2)3/h6,8,10-11H,4-5,7,9H2,1-3H3,(H2,15,16,17). The minimum absolute atomic E-state index is 0.0667. The quantitative estimate of drug-likeness (QED) is 0.460.